The van der Waals surface area contributed by atoms with E-state index >= 15 is 4.79 Å². The first-order chi connectivity index (χ1) is 25.9. The third-order valence-electron chi connectivity index (χ3n) is 15.6. The molecule has 8 atom stereocenters. The van der Waals surface area contributed by atoms with E-state index in [1.54, 1.807) is 19.3 Å². The highest BCUT2D eigenvalue weighted by atomic mass is 32.2. The first-order valence-corrected chi connectivity index (χ1v) is 21.5. The lowest BCUT2D eigenvalue weighted by Gasteiger charge is -2.57. The van der Waals surface area contributed by atoms with Crippen LogP contribution < -0.4 is 9.46 Å². The van der Waals surface area contributed by atoms with Crippen LogP contribution in [0.4, 0.5) is 0 Å². The monoisotopic (exact) mass is 752 g/mol. The summed E-state index contributed by atoms with van der Waals surface area (Å²) in [4.78, 5) is 33.7. The normalized spacial score (nSPS) is 37.5. The van der Waals surface area contributed by atoms with Crippen molar-refractivity contribution in [2.75, 3.05) is 47.5 Å². The van der Waals surface area contributed by atoms with Crippen LogP contribution in [0.25, 0.3) is 0 Å². The molecule has 8 unspecified atom stereocenters. The minimum atomic E-state index is -3.99. The topological polar surface area (TPSA) is 108 Å². The maximum absolute atomic E-state index is 15.4. The van der Waals surface area contributed by atoms with Gasteiger partial charge in [0.1, 0.15) is 5.75 Å². The molecule has 12 rings (SSSR count). The molecule has 10 nitrogen and oxygen atoms in total. The van der Waals surface area contributed by atoms with Crippen molar-refractivity contribution in [1.82, 2.24) is 18.8 Å². The van der Waals surface area contributed by atoms with Crippen molar-refractivity contribution in [2.24, 2.45) is 34.0 Å². The summed E-state index contributed by atoms with van der Waals surface area (Å²) in [5.74, 6) is 1.54. The molecule has 54 heavy (non-hydrogen) atoms. The van der Waals surface area contributed by atoms with Gasteiger partial charge in [-0.1, -0.05) is 49.3 Å². The van der Waals surface area contributed by atoms with Crippen molar-refractivity contribution in [3.05, 3.63) is 82.3 Å². The number of ether oxygens (including phenoxy) is 2. The molecule has 11 heteroatoms. The Hall–Kier alpha value is -3.63. The molecule has 0 aromatic heterocycles. The predicted octanol–water partition coefficient (Wildman–Crippen LogP) is 5.54. The van der Waals surface area contributed by atoms with E-state index in [0.29, 0.717) is 30.7 Å². The Kier molecular flexibility index (Phi) is 7.70. The Balaban J connectivity index is 1.06. The van der Waals surface area contributed by atoms with Crippen molar-refractivity contribution >= 4 is 22.0 Å². The number of amides is 2. The smallest absolute Gasteiger partial charge is 0.303 e. The lowest BCUT2D eigenvalue weighted by Crippen LogP contribution is -2.64. The highest BCUT2D eigenvalue weighted by molar-refractivity contribution is 7.87. The lowest BCUT2D eigenvalue weighted by molar-refractivity contribution is -0.144. The Morgan fingerprint density at radius 2 is 1.87 bits per heavy atom. The van der Waals surface area contributed by atoms with Gasteiger partial charge in [0, 0.05) is 61.1 Å². The lowest BCUT2D eigenvalue weighted by atomic mass is 9.44. The van der Waals surface area contributed by atoms with E-state index in [1.807, 2.05) is 6.08 Å². The van der Waals surface area contributed by atoms with E-state index < -0.39 is 21.5 Å². The summed E-state index contributed by atoms with van der Waals surface area (Å²) in [6.07, 6.45) is 16.0. The van der Waals surface area contributed by atoms with Gasteiger partial charge in [-0.2, -0.15) is 12.7 Å². The molecule has 0 radical (unpaired) electrons. The molecule has 5 aliphatic heterocycles. The van der Waals surface area contributed by atoms with E-state index in [9.17, 15) is 13.2 Å². The van der Waals surface area contributed by atoms with Gasteiger partial charge < -0.3 is 19.3 Å². The zero-order chi connectivity index (χ0) is 37.4. The summed E-state index contributed by atoms with van der Waals surface area (Å²) in [7, 11) is 0.516. The quantitative estimate of drug-likeness (QED) is 0.301. The molecule has 11 aliphatic rings. The summed E-state index contributed by atoms with van der Waals surface area (Å²) in [6.45, 7) is 7.33. The van der Waals surface area contributed by atoms with Crippen LogP contribution in [0.5, 0.6) is 5.75 Å². The molecule has 5 heterocycles. The molecule has 6 aliphatic carbocycles. The third-order valence-corrected chi connectivity index (χ3v) is 17.0. The molecule has 3 saturated heterocycles. The van der Waals surface area contributed by atoms with Gasteiger partial charge in [-0.15, -0.1) is 0 Å². The van der Waals surface area contributed by atoms with Crippen molar-refractivity contribution in [3.8, 4) is 5.75 Å². The summed E-state index contributed by atoms with van der Waals surface area (Å²) in [5, 5.41) is 0. The number of benzene rings is 1. The van der Waals surface area contributed by atoms with Gasteiger partial charge in [0.05, 0.1) is 37.5 Å². The highest BCUT2D eigenvalue weighted by Gasteiger charge is 2.82. The van der Waals surface area contributed by atoms with Crippen molar-refractivity contribution in [2.45, 2.75) is 82.2 Å². The van der Waals surface area contributed by atoms with Crippen LogP contribution >= 0.6 is 0 Å². The number of nitrogens with one attached hydrogen (secondary N) is 1. The minimum absolute atomic E-state index is 0.00292. The fraction of sp³-hybridized carbons (Fsp3) is 0.605. The second kappa shape index (κ2) is 11.9. The van der Waals surface area contributed by atoms with Gasteiger partial charge in [-0.3, -0.25) is 9.59 Å². The standard InChI is InChI=1S/C43H52N4O6S/c1-26-10-15-34-38-42(21-26)24-53-25-43(34,42)23-47(38)40(49)41-16-17-46-30-18-28(11-12-29(19-30)39(48)44-54(50,51)45(2)3)36(27-8-6-5-7-9-27)37(46)32-14-13-31(52-4)20-33(32)35(41)22-41/h11-14,19-20,27,34-38H,1,5-10,15-17,21-25H2,2-4H3,(H,44,48). The number of carbonyl (C=O) groups is 2. The fourth-order valence-electron chi connectivity index (χ4n) is 12.9. The van der Waals surface area contributed by atoms with E-state index in [2.05, 4.69) is 45.0 Å². The first kappa shape index (κ1) is 34.8. The molecule has 6 bridgehead atoms. The summed E-state index contributed by atoms with van der Waals surface area (Å²) >= 11 is 0. The van der Waals surface area contributed by atoms with Crippen LogP contribution in [0.2, 0.25) is 0 Å². The first-order valence-electron chi connectivity index (χ1n) is 20.1. The highest BCUT2D eigenvalue weighted by Crippen LogP contribution is 2.77. The van der Waals surface area contributed by atoms with Gasteiger partial charge in [0.15, 0.2) is 0 Å². The Labute approximate surface area is 319 Å². The van der Waals surface area contributed by atoms with E-state index in [-0.39, 0.29) is 40.3 Å². The summed E-state index contributed by atoms with van der Waals surface area (Å²) in [6, 6.07) is 6.68. The van der Waals surface area contributed by atoms with Crippen molar-refractivity contribution in [1.29, 1.82) is 0 Å². The predicted molar refractivity (Wildman–Crippen MR) is 203 cm³/mol. The second-order valence-electron chi connectivity index (χ2n) is 18.1. The molecule has 1 N–H and O–H groups in total. The summed E-state index contributed by atoms with van der Waals surface area (Å²) in [5.41, 5.74) is 9.08. The molecular weight excluding hydrogens is 701 g/mol. The molecule has 2 amide bonds. The number of carbonyl (C=O) groups excluding carboxylic acids is 2. The number of rotatable bonds is 6. The zero-order valence-electron chi connectivity index (χ0n) is 31.7. The number of nitrogens with zero attached hydrogens (tertiary/aromatic N) is 3. The van der Waals surface area contributed by atoms with Crippen LogP contribution in [0.1, 0.15) is 87.3 Å². The van der Waals surface area contributed by atoms with E-state index in [0.717, 1.165) is 79.6 Å². The van der Waals surface area contributed by atoms with Crippen LogP contribution in [-0.4, -0.2) is 87.9 Å². The molecule has 5 saturated carbocycles. The number of methoxy groups -OCH3 is 1. The number of allylic oxidation sites excluding steroid dienone is 2. The van der Waals surface area contributed by atoms with Gasteiger partial charge >= 0.3 is 10.2 Å². The minimum Gasteiger partial charge on any atom is -0.497 e. The molecular formula is C43H52N4O6S. The van der Waals surface area contributed by atoms with Crippen LogP contribution in [0.3, 0.4) is 0 Å². The zero-order valence-corrected chi connectivity index (χ0v) is 32.6. The summed E-state index contributed by atoms with van der Waals surface area (Å²) < 4.78 is 40.8. The average Bonchev–Trinajstić information content (AvgIpc) is 3.71. The molecule has 286 valence electrons. The van der Waals surface area contributed by atoms with Crippen LogP contribution in [0.15, 0.2) is 71.2 Å². The SMILES string of the molecule is C=C1CCC2C3N(C(=O)C45CCN6C7=C=C(C=CC(C(=O)NS(=O)(=O)N(C)C)=C7)C(C7CCCCC7)C6c6ccc(OC)cc6C4C5)CC24COCC34C1. The molecule has 8 fully saturated rings. The van der Waals surface area contributed by atoms with Gasteiger partial charge in [0.2, 0.25) is 5.91 Å². The third kappa shape index (κ3) is 4.68. The van der Waals surface area contributed by atoms with Crippen LogP contribution in [-0.2, 0) is 24.5 Å². The number of fused-ring (bicyclic) bond motifs is 10. The Morgan fingerprint density at radius 1 is 1.07 bits per heavy atom. The second-order valence-corrected chi connectivity index (χ2v) is 20.0. The fourth-order valence-corrected chi connectivity index (χ4v) is 13.5. The van der Waals surface area contributed by atoms with Crippen molar-refractivity contribution < 1.29 is 27.5 Å². The Morgan fingerprint density at radius 3 is 2.65 bits per heavy atom. The van der Waals surface area contributed by atoms with E-state index in [4.69, 9.17) is 9.47 Å². The molecule has 1 aromatic rings. The maximum atomic E-state index is 15.4. The van der Waals surface area contributed by atoms with Crippen molar-refractivity contribution in [3.63, 3.8) is 0 Å². The van der Waals surface area contributed by atoms with Crippen LogP contribution in [0, 0.1) is 34.0 Å². The number of hydrogen-bond acceptors (Lipinski definition) is 7. The largest absolute Gasteiger partial charge is 0.497 e. The number of hydrogen-bond donors (Lipinski definition) is 1. The average molecular weight is 753 g/mol. The van der Waals surface area contributed by atoms with Gasteiger partial charge in [0.25, 0.3) is 5.91 Å². The van der Waals surface area contributed by atoms with Gasteiger partial charge in [-0.05, 0) is 98.1 Å². The molecule has 2 spiro atoms. The van der Waals surface area contributed by atoms with E-state index in [1.165, 1.54) is 50.1 Å². The Bertz CT molecular complexity index is 2110. The van der Waals surface area contributed by atoms with Gasteiger partial charge in [-0.25, -0.2) is 4.72 Å². The molecule has 1 aromatic carbocycles. The maximum Gasteiger partial charge on any atom is 0.303 e.